The fourth-order valence-corrected chi connectivity index (χ4v) is 2.22. The molecule has 104 valence electrons. The summed E-state index contributed by atoms with van der Waals surface area (Å²) < 4.78 is 5.56. The molecule has 4 nitrogen and oxygen atoms in total. The van der Waals surface area contributed by atoms with Crippen LogP contribution >= 0.6 is 23.2 Å². The third-order valence-corrected chi connectivity index (χ3v) is 3.68. The van der Waals surface area contributed by atoms with E-state index in [1.165, 1.54) is 0 Å². The lowest BCUT2D eigenvalue weighted by atomic mass is 10.1. The van der Waals surface area contributed by atoms with Crippen molar-refractivity contribution in [2.24, 2.45) is 0 Å². The molecule has 0 aromatic heterocycles. The van der Waals surface area contributed by atoms with Crippen molar-refractivity contribution in [2.75, 3.05) is 25.0 Å². The third-order valence-electron chi connectivity index (χ3n) is 2.94. The molecule has 6 heteroatoms. The van der Waals surface area contributed by atoms with Crippen LogP contribution < -0.4 is 10.6 Å². The number of halogens is 2. The first-order chi connectivity index (χ1) is 9.15. The second-order valence-electron chi connectivity index (χ2n) is 4.44. The van der Waals surface area contributed by atoms with E-state index in [-0.39, 0.29) is 18.6 Å². The largest absolute Gasteiger partial charge is 0.368 e. The molecule has 0 bridgehead atoms. The lowest BCUT2D eigenvalue weighted by Crippen LogP contribution is -2.34. The minimum atomic E-state index is -0.183. The maximum absolute atomic E-state index is 11.7. The van der Waals surface area contributed by atoms with Gasteiger partial charge in [0.25, 0.3) is 0 Å². The summed E-state index contributed by atoms with van der Waals surface area (Å²) in [6.45, 7) is 1.95. The normalized spacial score (nSPS) is 16.3. The molecule has 1 aliphatic heterocycles. The van der Waals surface area contributed by atoms with Crippen molar-refractivity contribution in [1.29, 1.82) is 0 Å². The van der Waals surface area contributed by atoms with Crippen molar-refractivity contribution >= 4 is 34.8 Å². The van der Waals surface area contributed by atoms with E-state index in [1.54, 1.807) is 18.2 Å². The minimum Gasteiger partial charge on any atom is -0.368 e. The molecule has 0 unspecified atom stereocenters. The molecule has 1 aliphatic rings. The zero-order chi connectivity index (χ0) is 13.7. The Bertz CT molecular complexity index is 448. The van der Waals surface area contributed by atoms with Crippen LogP contribution in [-0.2, 0) is 9.53 Å². The molecule has 0 spiro atoms. The van der Waals surface area contributed by atoms with Gasteiger partial charge in [0, 0.05) is 5.69 Å². The smallest absolute Gasteiger partial charge is 0.250 e. The van der Waals surface area contributed by atoms with Crippen LogP contribution in [0.25, 0.3) is 0 Å². The number of carbonyl (C=O) groups excluding carboxylic acids is 1. The van der Waals surface area contributed by atoms with Gasteiger partial charge in [0.05, 0.1) is 16.1 Å². The van der Waals surface area contributed by atoms with E-state index in [1.807, 2.05) is 0 Å². The lowest BCUT2D eigenvalue weighted by molar-refractivity contribution is -0.123. The summed E-state index contributed by atoms with van der Waals surface area (Å²) >= 11 is 11.7. The predicted octanol–water partition coefficient (Wildman–Crippen LogP) is 2.70. The van der Waals surface area contributed by atoms with Gasteiger partial charge in [-0.15, -0.1) is 0 Å². The van der Waals surface area contributed by atoms with Crippen LogP contribution in [0.4, 0.5) is 5.69 Å². The van der Waals surface area contributed by atoms with Gasteiger partial charge in [-0.25, -0.2) is 0 Å². The fraction of sp³-hybridized carbons (Fsp3) is 0.462. The van der Waals surface area contributed by atoms with Crippen LogP contribution in [0.1, 0.15) is 12.8 Å². The Morgan fingerprint density at radius 1 is 1.32 bits per heavy atom. The van der Waals surface area contributed by atoms with Gasteiger partial charge >= 0.3 is 0 Å². The number of piperidine rings is 1. The Labute approximate surface area is 122 Å². The Hall–Kier alpha value is -0.810. The highest BCUT2D eigenvalue weighted by atomic mass is 35.5. The molecule has 1 heterocycles. The first kappa shape index (κ1) is 14.6. The van der Waals surface area contributed by atoms with Crippen LogP contribution in [0, 0.1) is 0 Å². The Morgan fingerprint density at radius 2 is 2.05 bits per heavy atom. The van der Waals surface area contributed by atoms with Gasteiger partial charge in [-0.2, -0.15) is 0 Å². The van der Waals surface area contributed by atoms with E-state index in [0.29, 0.717) is 15.7 Å². The van der Waals surface area contributed by atoms with Crippen LogP contribution in [0.5, 0.6) is 0 Å². The molecule has 1 amide bonds. The van der Waals surface area contributed by atoms with Crippen LogP contribution in [0.2, 0.25) is 10.0 Å². The molecule has 1 saturated heterocycles. The molecule has 0 aliphatic carbocycles. The van der Waals surface area contributed by atoms with Gasteiger partial charge in [0.2, 0.25) is 5.91 Å². The number of hydrogen-bond donors (Lipinski definition) is 2. The molecule has 1 aromatic carbocycles. The number of carbonyl (C=O) groups is 1. The molecular formula is C13H16Cl2N2O2. The molecule has 1 fully saturated rings. The summed E-state index contributed by atoms with van der Waals surface area (Å²) in [6, 6.07) is 4.97. The minimum absolute atomic E-state index is 0.0604. The molecule has 2 rings (SSSR count). The van der Waals surface area contributed by atoms with Crippen molar-refractivity contribution in [2.45, 2.75) is 18.9 Å². The molecule has 0 atom stereocenters. The zero-order valence-corrected chi connectivity index (χ0v) is 11.9. The molecule has 0 radical (unpaired) electrons. The molecule has 2 N–H and O–H groups in total. The highest BCUT2D eigenvalue weighted by Crippen LogP contribution is 2.24. The van der Waals surface area contributed by atoms with E-state index >= 15 is 0 Å². The zero-order valence-electron chi connectivity index (χ0n) is 10.4. The van der Waals surface area contributed by atoms with Crippen molar-refractivity contribution in [3.8, 4) is 0 Å². The number of hydrogen-bond acceptors (Lipinski definition) is 3. The number of anilines is 1. The number of amides is 1. The number of ether oxygens (including phenoxy) is 1. The van der Waals surface area contributed by atoms with Gasteiger partial charge < -0.3 is 15.4 Å². The summed E-state index contributed by atoms with van der Waals surface area (Å²) in [5.74, 6) is -0.183. The van der Waals surface area contributed by atoms with E-state index in [9.17, 15) is 4.79 Å². The quantitative estimate of drug-likeness (QED) is 0.899. The van der Waals surface area contributed by atoms with Gasteiger partial charge in [0.1, 0.15) is 6.61 Å². The van der Waals surface area contributed by atoms with Crippen molar-refractivity contribution in [1.82, 2.24) is 5.32 Å². The Balaban J connectivity index is 1.78. The summed E-state index contributed by atoms with van der Waals surface area (Å²) in [6.07, 6.45) is 2.06. The predicted molar refractivity (Wildman–Crippen MR) is 76.9 cm³/mol. The molecule has 19 heavy (non-hydrogen) atoms. The van der Waals surface area contributed by atoms with Gasteiger partial charge in [0.15, 0.2) is 0 Å². The maximum Gasteiger partial charge on any atom is 0.250 e. The summed E-state index contributed by atoms with van der Waals surface area (Å²) in [5, 5.41) is 6.85. The number of nitrogens with one attached hydrogen (secondary N) is 2. The topological polar surface area (TPSA) is 50.4 Å². The summed E-state index contributed by atoms with van der Waals surface area (Å²) in [4.78, 5) is 11.7. The molecule has 1 aromatic rings. The first-order valence-corrected chi connectivity index (χ1v) is 6.98. The Kier molecular flexibility index (Phi) is 5.45. The monoisotopic (exact) mass is 302 g/mol. The maximum atomic E-state index is 11.7. The SMILES string of the molecule is O=C(COC1CCNCC1)Nc1ccc(Cl)c(Cl)c1. The van der Waals surface area contributed by atoms with Crippen molar-refractivity contribution < 1.29 is 9.53 Å². The van der Waals surface area contributed by atoms with Crippen LogP contribution in [0.3, 0.4) is 0 Å². The van der Waals surface area contributed by atoms with Crippen molar-refractivity contribution in [3.05, 3.63) is 28.2 Å². The van der Waals surface area contributed by atoms with Crippen LogP contribution in [0.15, 0.2) is 18.2 Å². The van der Waals surface area contributed by atoms with E-state index in [2.05, 4.69) is 10.6 Å². The van der Waals surface area contributed by atoms with Crippen LogP contribution in [-0.4, -0.2) is 31.7 Å². The molecule has 0 saturated carbocycles. The standard InChI is InChI=1S/C13H16Cl2N2O2/c14-11-2-1-9(7-12(11)15)17-13(18)8-19-10-3-5-16-6-4-10/h1-2,7,10,16H,3-6,8H2,(H,17,18). The molecular weight excluding hydrogens is 287 g/mol. The average Bonchev–Trinajstić information content (AvgIpc) is 2.42. The summed E-state index contributed by atoms with van der Waals surface area (Å²) in [5.41, 5.74) is 0.619. The average molecular weight is 303 g/mol. The van der Waals surface area contributed by atoms with Gasteiger partial charge in [-0.1, -0.05) is 23.2 Å². The van der Waals surface area contributed by atoms with E-state index in [4.69, 9.17) is 27.9 Å². The lowest BCUT2D eigenvalue weighted by Gasteiger charge is -2.22. The summed E-state index contributed by atoms with van der Waals surface area (Å²) in [7, 11) is 0. The van der Waals surface area contributed by atoms with Gasteiger partial charge in [-0.3, -0.25) is 4.79 Å². The highest BCUT2D eigenvalue weighted by Gasteiger charge is 2.14. The van der Waals surface area contributed by atoms with Crippen molar-refractivity contribution in [3.63, 3.8) is 0 Å². The van der Waals surface area contributed by atoms with E-state index < -0.39 is 0 Å². The van der Waals surface area contributed by atoms with E-state index in [0.717, 1.165) is 25.9 Å². The number of rotatable bonds is 4. The first-order valence-electron chi connectivity index (χ1n) is 6.22. The number of benzene rings is 1. The third kappa shape index (κ3) is 4.66. The fourth-order valence-electron chi connectivity index (χ4n) is 1.93. The Morgan fingerprint density at radius 3 is 2.74 bits per heavy atom. The highest BCUT2D eigenvalue weighted by molar-refractivity contribution is 6.42. The van der Waals surface area contributed by atoms with Gasteiger partial charge in [-0.05, 0) is 44.1 Å². The second-order valence-corrected chi connectivity index (χ2v) is 5.25. The second kappa shape index (κ2) is 7.10.